The van der Waals surface area contributed by atoms with E-state index in [-0.39, 0.29) is 48.1 Å². The minimum atomic E-state index is -0.731. The van der Waals surface area contributed by atoms with E-state index >= 15 is 0 Å². The van der Waals surface area contributed by atoms with Crippen LogP contribution in [0.25, 0.3) is 22.1 Å². The van der Waals surface area contributed by atoms with Crippen molar-refractivity contribution in [3.05, 3.63) is 52.3 Å². The van der Waals surface area contributed by atoms with Crippen LogP contribution >= 0.6 is 0 Å². The number of rotatable bonds is 7. The fourth-order valence-electron chi connectivity index (χ4n) is 3.38. The Hall–Kier alpha value is -4.22. The maximum Gasteiger partial charge on any atom is 0.352 e. The van der Waals surface area contributed by atoms with Gasteiger partial charge < -0.3 is 19.9 Å². The van der Waals surface area contributed by atoms with Crippen LogP contribution in [0.5, 0.6) is 5.75 Å². The molecule has 12 heteroatoms. The minimum Gasteiger partial charge on any atom is -0.710 e. The number of esters is 1. The third-order valence-electron chi connectivity index (χ3n) is 4.88. The summed E-state index contributed by atoms with van der Waals surface area (Å²) in [5, 5.41) is 37.2. The molecule has 0 saturated heterocycles. The first-order valence-electron chi connectivity index (χ1n) is 10.2. The molecule has 0 spiro atoms. The Labute approximate surface area is 187 Å². The molecule has 0 aliphatic heterocycles. The van der Waals surface area contributed by atoms with Gasteiger partial charge in [-0.05, 0) is 26.0 Å². The van der Waals surface area contributed by atoms with Crippen molar-refractivity contribution >= 4 is 39.5 Å². The van der Waals surface area contributed by atoms with E-state index in [0.29, 0.717) is 26.2 Å². The van der Waals surface area contributed by atoms with Crippen LogP contribution in [0, 0.1) is 23.2 Å². The summed E-state index contributed by atoms with van der Waals surface area (Å²) in [6, 6.07) is 7.11. The molecule has 0 radical (unpaired) electrons. The average molecular weight is 456 g/mol. The Balaban J connectivity index is 1.72. The van der Waals surface area contributed by atoms with Gasteiger partial charge in [-0.15, -0.1) is 0 Å². The van der Waals surface area contributed by atoms with Gasteiger partial charge in [-0.3, -0.25) is 0 Å². The van der Waals surface area contributed by atoms with E-state index in [0.717, 1.165) is 6.07 Å². The highest BCUT2D eigenvalue weighted by Gasteiger charge is 2.26. The van der Waals surface area contributed by atoms with Gasteiger partial charge in [-0.1, -0.05) is 0 Å². The molecule has 172 valence electrons. The number of fused-ring (bicyclic) bond motifs is 2. The molecule has 0 aliphatic carbocycles. The molecule has 0 bridgehead atoms. The van der Waals surface area contributed by atoms with E-state index in [1.165, 1.54) is 17.8 Å². The Kier molecular flexibility index (Phi) is 5.82. The molecule has 0 aliphatic rings. The van der Waals surface area contributed by atoms with E-state index in [9.17, 15) is 19.6 Å². The van der Waals surface area contributed by atoms with Gasteiger partial charge in [0.25, 0.3) is 11.2 Å². The number of carbonyl (C=O) groups is 1. The summed E-state index contributed by atoms with van der Waals surface area (Å²) >= 11 is 0. The second kappa shape index (κ2) is 8.73. The first-order valence-corrected chi connectivity index (χ1v) is 10.2. The van der Waals surface area contributed by atoms with Crippen LogP contribution in [0.1, 0.15) is 19.5 Å². The van der Waals surface area contributed by atoms with Crippen molar-refractivity contribution in [2.75, 3.05) is 18.5 Å². The van der Waals surface area contributed by atoms with Crippen LogP contribution in [0.4, 0.5) is 15.9 Å². The van der Waals surface area contributed by atoms with Crippen molar-refractivity contribution in [3.8, 4) is 5.75 Å². The fourth-order valence-corrected chi connectivity index (χ4v) is 3.38. The molecule has 0 atom stereocenters. The smallest absolute Gasteiger partial charge is 0.352 e. The zero-order valence-corrected chi connectivity index (χ0v) is 18.2. The molecule has 4 rings (SSSR count). The standard InChI is InChI=1S/C21H21FN6O5/c1-4-32-19-10-18-17(9-14(19)22)27(30)12(3)21(28(18)31)23-13-6-7-15-16(8-13)25-26(24-15)11-20(29)33-5-2/h6-10,23H,4-5,11H2,1-3H3. The van der Waals surface area contributed by atoms with E-state index in [1.54, 1.807) is 32.0 Å². The van der Waals surface area contributed by atoms with Crippen molar-refractivity contribution in [3.63, 3.8) is 0 Å². The van der Waals surface area contributed by atoms with E-state index < -0.39 is 11.8 Å². The molecular weight excluding hydrogens is 435 g/mol. The quantitative estimate of drug-likeness (QED) is 0.254. The number of ether oxygens (including phenoxy) is 2. The van der Waals surface area contributed by atoms with Crippen molar-refractivity contribution < 1.29 is 28.1 Å². The second-order valence-corrected chi connectivity index (χ2v) is 7.09. The van der Waals surface area contributed by atoms with Crippen LogP contribution < -0.4 is 19.5 Å². The van der Waals surface area contributed by atoms with Gasteiger partial charge in [0.1, 0.15) is 16.7 Å². The highest BCUT2D eigenvalue weighted by Crippen LogP contribution is 2.25. The van der Waals surface area contributed by atoms with Crippen LogP contribution in [0.15, 0.2) is 30.3 Å². The van der Waals surface area contributed by atoms with Gasteiger partial charge >= 0.3 is 11.8 Å². The number of hydrogen-bond donors (Lipinski definition) is 1. The molecule has 2 aromatic carbocycles. The van der Waals surface area contributed by atoms with E-state index in [4.69, 9.17) is 9.47 Å². The monoisotopic (exact) mass is 456 g/mol. The second-order valence-electron chi connectivity index (χ2n) is 7.09. The molecule has 2 aromatic heterocycles. The van der Waals surface area contributed by atoms with Crippen LogP contribution in [-0.4, -0.2) is 34.2 Å². The summed E-state index contributed by atoms with van der Waals surface area (Å²) in [6.07, 6.45) is 0. The van der Waals surface area contributed by atoms with Gasteiger partial charge in [-0.2, -0.15) is 19.7 Å². The number of hydrogen-bond acceptors (Lipinski definition) is 8. The molecule has 11 nitrogen and oxygen atoms in total. The van der Waals surface area contributed by atoms with Crippen LogP contribution in [0.2, 0.25) is 0 Å². The Bertz CT molecular complexity index is 1370. The number of nitrogens with zero attached hydrogens (tertiary/aromatic N) is 5. The maximum absolute atomic E-state index is 14.2. The number of aromatic nitrogens is 5. The van der Waals surface area contributed by atoms with E-state index in [1.807, 2.05) is 0 Å². The Morgan fingerprint density at radius 2 is 1.82 bits per heavy atom. The summed E-state index contributed by atoms with van der Waals surface area (Å²) < 4.78 is 25.3. The highest BCUT2D eigenvalue weighted by molar-refractivity contribution is 5.80. The fraction of sp³-hybridized carbons (Fsp3) is 0.286. The third-order valence-corrected chi connectivity index (χ3v) is 4.88. The molecule has 4 aromatic rings. The number of benzene rings is 2. The lowest BCUT2D eigenvalue weighted by molar-refractivity contribution is -0.623. The summed E-state index contributed by atoms with van der Waals surface area (Å²) in [7, 11) is 0. The maximum atomic E-state index is 14.2. The van der Waals surface area contributed by atoms with Gasteiger partial charge in [-0.25, -0.2) is 19.2 Å². The summed E-state index contributed by atoms with van der Waals surface area (Å²) in [4.78, 5) is 12.9. The predicted molar refractivity (Wildman–Crippen MR) is 115 cm³/mol. The molecule has 0 fully saturated rings. The van der Waals surface area contributed by atoms with Crippen molar-refractivity contribution in [2.24, 2.45) is 0 Å². The van der Waals surface area contributed by atoms with Crippen molar-refractivity contribution in [1.82, 2.24) is 15.0 Å². The minimum absolute atomic E-state index is 0.0372. The van der Waals surface area contributed by atoms with Crippen LogP contribution in [0.3, 0.4) is 0 Å². The highest BCUT2D eigenvalue weighted by atomic mass is 19.1. The van der Waals surface area contributed by atoms with Gasteiger partial charge in [0.05, 0.1) is 19.3 Å². The predicted octanol–water partition coefficient (Wildman–Crippen LogP) is 2.00. The normalized spacial score (nSPS) is 11.2. The Morgan fingerprint density at radius 3 is 2.55 bits per heavy atom. The lowest BCUT2D eigenvalue weighted by Crippen LogP contribution is -2.43. The lowest BCUT2D eigenvalue weighted by Gasteiger charge is -2.15. The summed E-state index contributed by atoms with van der Waals surface area (Å²) in [5.74, 6) is -1.35. The number of nitrogens with one attached hydrogen (secondary N) is 1. The Morgan fingerprint density at radius 1 is 1.09 bits per heavy atom. The first kappa shape index (κ1) is 22.0. The largest absolute Gasteiger partial charge is 0.710 e. The van der Waals surface area contributed by atoms with Crippen LogP contribution in [-0.2, 0) is 16.1 Å². The molecular formula is C21H21FN6O5. The van der Waals surface area contributed by atoms with Gasteiger partial charge in [0.2, 0.25) is 5.52 Å². The SMILES string of the molecule is CCOC(=O)Cn1nc2ccc(Nc3c(C)[n+]([O-])c4cc(F)c(OCC)cc4[n+]3[O-])cc2n1. The third kappa shape index (κ3) is 4.14. The number of anilines is 2. The van der Waals surface area contributed by atoms with Gasteiger partial charge in [0, 0.05) is 19.1 Å². The molecule has 0 unspecified atom stereocenters. The summed E-state index contributed by atoms with van der Waals surface area (Å²) in [5.41, 5.74) is 1.34. The van der Waals surface area contributed by atoms with Gasteiger partial charge in [0.15, 0.2) is 18.1 Å². The van der Waals surface area contributed by atoms with Crippen molar-refractivity contribution in [2.45, 2.75) is 27.3 Å². The average Bonchev–Trinajstić information content (AvgIpc) is 3.18. The van der Waals surface area contributed by atoms with E-state index in [2.05, 4.69) is 15.5 Å². The number of carbonyl (C=O) groups excluding carboxylic acids is 1. The molecule has 0 saturated carbocycles. The molecule has 1 N–H and O–H groups in total. The molecule has 2 heterocycles. The van der Waals surface area contributed by atoms with Crippen molar-refractivity contribution in [1.29, 1.82) is 0 Å². The zero-order valence-electron chi connectivity index (χ0n) is 18.2. The number of halogens is 1. The summed E-state index contributed by atoms with van der Waals surface area (Å²) in [6.45, 7) is 5.17. The topological polar surface area (TPSA) is 132 Å². The molecule has 0 amide bonds. The zero-order chi connectivity index (χ0) is 23.7. The first-order chi connectivity index (χ1) is 15.8. The molecule has 33 heavy (non-hydrogen) atoms. The lowest BCUT2D eigenvalue weighted by atomic mass is 10.2.